The number of nitrogens with zero attached hydrogens (tertiary/aromatic N) is 2. The molecule has 2 heterocycles. The molecule has 1 unspecified atom stereocenters. The van der Waals surface area contributed by atoms with Gasteiger partial charge in [0.15, 0.2) is 5.96 Å². The first kappa shape index (κ1) is 17.3. The molecule has 0 fully saturated rings. The topological polar surface area (TPSA) is 39.7 Å². The van der Waals surface area contributed by atoms with Crippen LogP contribution in [0, 0.1) is 5.92 Å². The summed E-state index contributed by atoms with van der Waals surface area (Å²) in [5.74, 6) is 1.53. The third-order valence-corrected chi connectivity index (χ3v) is 5.01. The van der Waals surface area contributed by atoms with E-state index in [0.29, 0.717) is 12.0 Å². The van der Waals surface area contributed by atoms with Crippen molar-refractivity contribution in [2.45, 2.75) is 46.7 Å². The zero-order valence-electron chi connectivity index (χ0n) is 14.4. The molecule has 0 spiro atoms. The molecule has 2 N–H and O–H groups in total. The summed E-state index contributed by atoms with van der Waals surface area (Å²) in [4.78, 5) is 8.77. The Morgan fingerprint density at radius 3 is 2.91 bits per heavy atom. The fraction of sp³-hybridized carbons (Fsp3) is 0.706. The quantitative estimate of drug-likeness (QED) is 0.625. The zero-order chi connectivity index (χ0) is 15.9. The Kier molecular flexibility index (Phi) is 6.70. The Hall–Kier alpha value is -1.07. The summed E-state index contributed by atoms with van der Waals surface area (Å²) in [6, 6.07) is 2.79. The van der Waals surface area contributed by atoms with Gasteiger partial charge in [-0.2, -0.15) is 0 Å². The second kappa shape index (κ2) is 8.53. The fourth-order valence-corrected chi connectivity index (χ4v) is 3.53. The van der Waals surface area contributed by atoms with Crippen LogP contribution in [0.3, 0.4) is 0 Å². The van der Waals surface area contributed by atoms with Crippen LogP contribution in [-0.2, 0) is 13.0 Å². The maximum absolute atomic E-state index is 4.64. The van der Waals surface area contributed by atoms with Crippen LogP contribution in [0.15, 0.2) is 16.4 Å². The van der Waals surface area contributed by atoms with Gasteiger partial charge in [-0.15, -0.1) is 11.3 Å². The molecular weight excluding hydrogens is 292 g/mol. The molecule has 0 aromatic carbocycles. The number of aliphatic imine (C=N–C) groups is 1. The highest BCUT2D eigenvalue weighted by Gasteiger charge is 2.21. The minimum absolute atomic E-state index is 0.510. The standard InChI is InChI=1S/C17H30N4S/c1-5-18-17(19-10-13(2)3)20-11-14(4)21-8-6-16-15(12-21)7-9-22-16/h7,9,13-14H,5-6,8,10-12H2,1-4H3,(H2,18,19,20). The number of hydrogen-bond donors (Lipinski definition) is 2. The van der Waals surface area contributed by atoms with E-state index in [1.165, 1.54) is 12.0 Å². The summed E-state index contributed by atoms with van der Waals surface area (Å²) in [6.45, 7) is 13.8. The maximum atomic E-state index is 4.64. The molecule has 5 heteroatoms. The van der Waals surface area contributed by atoms with E-state index in [4.69, 9.17) is 0 Å². The van der Waals surface area contributed by atoms with E-state index in [2.05, 4.69) is 59.7 Å². The highest BCUT2D eigenvalue weighted by atomic mass is 32.1. The van der Waals surface area contributed by atoms with Gasteiger partial charge < -0.3 is 10.6 Å². The molecule has 1 aromatic rings. The average Bonchev–Trinajstić information content (AvgIpc) is 2.97. The Bertz CT molecular complexity index is 481. The Balaban J connectivity index is 1.83. The number of thiophene rings is 1. The molecule has 2 rings (SSSR count). The predicted octanol–water partition coefficient (Wildman–Crippen LogP) is 2.71. The second-order valence-electron chi connectivity index (χ2n) is 6.43. The van der Waals surface area contributed by atoms with E-state index in [0.717, 1.165) is 38.7 Å². The summed E-state index contributed by atoms with van der Waals surface area (Å²) in [5.41, 5.74) is 1.52. The van der Waals surface area contributed by atoms with Crippen molar-refractivity contribution in [3.05, 3.63) is 21.9 Å². The van der Waals surface area contributed by atoms with Gasteiger partial charge in [0.25, 0.3) is 0 Å². The van der Waals surface area contributed by atoms with Crippen molar-refractivity contribution in [3.8, 4) is 0 Å². The molecule has 1 atom stereocenters. The van der Waals surface area contributed by atoms with Crippen molar-refractivity contribution < 1.29 is 0 Å². The highest BCUT2D eigenvalue weighted by molar-refractivity contribution is 7.10. The van der Waals surface area contributed by atoms with Gasteiger partial charge in [0.1, 0.15) is 0 Å². The van der Waals surface area contributed by atoms with Gasteiger partial charge in [0.2, 0.25) is 0 Å². The third-order valence-electron chi connectivity index (χ3n) is 3.98. The molecule has 0 saturated carbocycles. The summed E-state index contributed by atoms with van der Waals surface area (Å²) in [6.07, 6.45) is 1.19. The Morgan fingerprint density at radius 1 is 1.36 bits per heavy atom. The molecular formula is C17H30N4S. The molecule has 124 valence electrons. The summed E-state index contributed by atoms with van der Waals surface area (Å²) >= 11 is 1.90. The number of fused-ring (bicyclic) bond motifs is 1. The average molecular weight is 323 g/mol. The van der Waals surface area contributed by atoms with Crippen molar-refractivity contribution in [1.82, 2.24) is 15.5 Å². The number of nitrogens with one attached hydrogen (secondary N) is 2. The van der Waals surface area contributed by atoms with Gasteiger partial charge in [-0.25, -0.2) is 0 Å². The first-order chi connectivity index (χ1) is 10.6. The summed E-state index contributed by atoms with van der Waals surface area (Å²) < 4.78 is 0. The lowest BCUT2D eigenvalue weighted by atomic mass is 10.1. The molecule has 4 nitrogen and oxygen atoms in total. The molecule has 0 amide bonds. The lowest BCUT2D eigenvalue weighted by Crippen LogP contribution is -2.47. The number of guanidine groups is 1. The summed E-state index contributed by atoms with van der Waals surface area (Å²) in [5, 5.41) is 9.04. The lowest BCUT2D eigenvalue weighted by Gasteiger charge is -2.32. The minimum Gasteiger partial charge on any atom is -0.357 e. The fourth-order valence-electron chi connectivity index (χ4n) is 2.64. The van der Waals surface area contributed by atoms with Crippen LogP contribution in [0.4, 0.5) is 0 Å². The molecule has 1 aliphatic heterocycles. The van der Waals surface area contributed by atoms with E-state index in [-0.39, 0.29) is 0 Å². The molecule has 22 heavy (non-hydrogen) atoms. The normalized spacial score (nSPS) is 17.4. The van der Waals surface area contributed by atoms with Crippen LogP contribution in [0.2, 0.25) is 0 Å². The molecule has 1 aliphatic rings. The van der Waals surface area contributed by atoms with E-state index in [1.54, 1.807) is 4.88 Å². The Morgan fingerprint density at radius 2 is 2.18 bits per heavy atom. The van der Waals surface area contributed by atoms with Crippen LogP contribution in [-0.4, -0.2) is 43.1 Å². The van der Waals surface area contributed by atoms with Crippen molar-refractivity contribution in [3.63, 3.8) is 0 Å². The second-order valence-corrected chi connectivity index (χ2v) is 7.43. The van der Waals surface area contributed by atoms with Gasteiger partial charge in [-0.05, 0) is 43.2 Å². The predicted molar refractivity (Wildman–Crippen MR) is 96.7 cm³/mol. The third kappa shape index (κ3) is 4.99. The number of hydrogen-bond acceptors (Lipinski definition) is 3. The Labute approximate surface area is 139 Å². The van der Waals surface area contributed by atoms with Crippen LogP contribution >= 0.6 is 11.3 Å². The van der Waals surface area contributed by atoms with Crippen LogP contribution < -0.4 is 10.6 Å². The number of rotatable bonds is 6. The zero-order valence-corrected chi connectivity index (χ0v) is 15.2. The molecule has 0 saturated heterocycles. The van der Waals surface area contributed by atoms with Crippen molar-refractivity contribution in [2.75, 3.05) is 26.2 Å². The monoisotopic (exact) mass is 322 g/mol. The molecule has 0 radical (unpaired) electrons. The van der Waals surface area contributed by atoms with Gasteiger partial charge in [0.05, 0.1) is 0 Å². The van der Waals surface area contributed by atoms with E-state index < -0.39 is 0 Å². The minimum atomic E-state index is 0.510. The lowest BCUT2D eigenvalue weighted by molar-refractivity contribution is 0.192. The van der Waals surface area contributed by atoms with E-state index in [9.17, 15) is 0 Å². The first-order valence-corrected chi connectivity index (χ1v) is 9.29. The van der Waals surface area contributed by atoms with Gasteiger partial charge in [-0.3, -0.25) is 9.89 Å². The molecule has 0 bridgehead atoms. The SMILES string of the molecule is CCNC(=NCC(C)C)NCC(C)N1CCc2sccc2C1. The van der Waals surface area contributed by atoms with Gasteiger partial charge >= 0.3 is 0 Å². The van der Waals surface area contributed by atoms with Gasteiger partial charge in [0, 0.05) is 43.6 Å². The highest BCUT2D eigenvalue weighted by Crippen LogP contribution is 2.24. The molecule has 1 aromatic heterocycles. The van der Waals surface area contributed by atoms with Crippen LogP contribution in [0.5, 0.6) is 0 Å². The smallest absolute Gasteiger partial charge is 0.191 e. The molecule has 0 aliphatic carbocycles. The largest absolute Gasteiger partial charge is 0.357 e. The van der Waals surface area contributed by atoms with Crippen molar-refractivity contribution >= 4 is 17.3 Å². The first-order valence-electron chi connectivity index (χ1n) is 8.41. The summed E-state index contributed by atoms with van der Waals surface area (Å²) in [7, 11) is 0. The van der Waals surface area contributed by atoms with E-state index in [1.807, 2.05) is 11.3 Å². The van der Waals surface area contributed by atoms with Crippen LogP contribution in [0.25, 0.3) is 0 Å². The van der Waals surface area contributed by atoms with Crippen molar-refractivity contribution in [2.24, 2.45) is 10.9 Å². The maximum Gasteiger partial charge on any atom is 0.191 e. The van der Waals surface area contributed by atoms with Crippen LogP contribution in [0.1, 0.15) is 38.1 Å². The van der Waals surface area contributed by atoms with Crippen molar-refractivity contribution in [1.29, 1.82) is 0 Å². The van der Waals surface area contributed by atoms with Gasteiger partial charge in [-0.1, -0.05) is 13.8 Å². The van der Waals surface area contributed by atoms with E-state index >= 15 is 0 Å².